The number of hydrogen-bond donors (Lipinski definition) is 2. The molecule has 0 atom stereocenters. The maximum absolute atomic E-state index is 13.5. The van der Waals surface area contributed by atoms with Crippen LogP contribution >= 0.6 is 23.2 Å². The molecule has 13 heteroatoms. The van der Waals surface area contributed by atoms with E-state index in [1.54, 1.807) is 49.4 Å². The Bertz CT molecular complexity index is 1730. The van der Waals surface area contributed by atoms with Crippen molar-refractivity contribution in [1.29, 1.82) is 0 Å². The summed E-state index contributed by atoms with van der Waals surface area (Å²) in [4.78, 5) is 12.8. The number of azo groups is 1. The number of rotatable bonds is 8. The van der Waals surface area contributed by atoms with Gasteiger partial charge >= 0.3 is 29.6 Å². The summed E-state index contributed by atoms with van der Waals surface area (Å²) in [5, 5.41) is 25.5. The molecule has 9 nitrogen and oxygen atoms in total. The van der Waals surface area contributed by atoms with Crippen molar-refractivity contribution >= 4 is 67.1 Å². The van der Waals surface area contributed by atoms with E-state index >= 15 is 0 Å². The predicted molar refractivity (Wildman–Crippen MR) is 149 cm³/mol. The first-order valence-electron chi connectivity index (χ1n) is 11.7. The van der Waals surface area contributed by atoms with E-state index in [4.69, 9.17) is 27.9 Å². The average Bonchev–Trinajstić information content (AvgIpc) is 2.89. The first-order chi connectivity index (χ1) is 18.5. The molecule has 0 bridgehead atoms. The standard InChI is InChI=1S/C27H23Cl2N3O6S.Na/c1-3-17-22(12-11-21(29)26(17)39(35,36)37)31-32-24-18-8-6-5-7-15(18)13-19(25(24)33)27(34)30-23-14-16(38-4-2)9-10-20(23)28;/h5-14,33H,3-4H2,1-2H3,(H,30,34)(H,35,36,37);/q;+1/p-1. The van der Waals surface area contributed by atoms with Gasteiger partial charge in [0, 0.05) is 22.6 Å². The van der Waals surface area contributed by atoms with Gasteiger partial charge in [-0.25, -0.2) is 0 Å². The molecule has 40 heavy (non-hydrogen) atoms. The largest absolute Gasteiger partial charge is 1.00 e. The van der Waals surface area contributed by atoms with Gasteiger partial charge in [0.1, 0.15) is 10.6 Å². The SMILES string of the molecule is CCOc1ccc(Cl)c(NC(=O)c2cc3ccccc3c(N=Nc3ccc(Cl)c(S(=O)(=O)O)c3CC)c2[O-])c1.[Na+]. The minimum absolute atomic E-state index is 0. The molecule has 0 unspecified atom stereocenters. The third-order valence-electron chi connectivity index (χ3n) is 5.77. The van der Waals surface area contributed by atoms with Crippen LogP contribution in [0.2, 0.25) is 10.0 Å². The van der Waals surface area contributed by atoms with Gasteiger partial charge < -0.3 is 15.2 Å². The number of fused-ring (bicyclic) bond motifs is 1. The molecule has 202 valence electrons. The molecule has 0 aromatic heterocycles. The molecule has 4 aromatic carbocycles. The molecule has 0 heterocycles. The Labute approximate surface area is 263 Å². The number of carbonyl (C=O) groups is 1. The zero-order valence-corrected chi connectivity index (χ0v) is 26.1. The Morgan fingerprint density at radius 2 is 1.73 bits per heavy atom. The normalized spacial score (nSPS) is 11.4. The summed E-state index contributed by atoms with van der Waals surface area (Å²) in [6.45, 7) is 3.89. The van der Waals surface area contributed by atoms with Crippen molar-refractivity contribution in [3.63, 3.8) is 0 Å². The topological polar surface area (TPSA) is 140 Å². The molecule has 0 aliphatic carbocycles. The summed E-state index contributed by atoms with van der Waals surface area (Å²) in [5.74, 6) is -0.923. The van der Waals surface area contributed by atoms with Crippen LogP contribution < -0.4 is 44.7 Å². The van der Waals surface area contributed by atoms with Crippen molar-refractivity contribution in [3.8, 4) is 11.5 Å². The maximum Gasteiger partial charge on any atom is 1.00 e. The molecule has 0 aliphatic rings. The minimum Gasteiger partial charge on any atom is -0.870 e. The van der Waals surface area contributed by atoms with E-state index in [0.29, 0.717) is 23.1 Å². The predicted octanol–water partition coefficient (Wildman–Crippen LogP) is 4.10. The van der Waals surface area contributed by atoms with E-state index in [1.165, 1.54) is 18.2 Å². The van der Waals surface area contributed by atoms with Crippen molar-refractivity contribution in [2.75, 3.05) is 11.9 Å². The van der Waals surface area contributed by atoms with Crippen LogP contribution in [-0.2, 0) is 16.5 Å². The van der Waals surface area contributed by atoms with Crippen LogP contribution in [0.4, 0.5) is 17.1 Å². The van der Waals surface area contributed by atoms with E-state index in [9.17, 15) is 22.9 Å². The number of ether oxygens (including phenoxy) is 1. The number of carbonyl (C=O) groups excluding carboxylic acids is 1. The van der Waals surface area contributed by atoms with E-state index in [2.05, 4.69) is 15.5 Å². The van der Waals surface area contributed by atoms with Crippen molar-refractivity contribution in [2.24, 2.45) is 10.2 Å². The number of halogens is 2. The Hall–Kier alpha value is -2.70. The molecular formula is C27H22Cl2N3NaO6S. The zero-order valence-electron chi connectivity index (χ0n) is 21.7. The van der Waals surface area contributed by atoms with Crippen LogP contribution in [0.3, 0.4) is 0 Å². The first kappa shape index (κ1) is 31.8. The first-order valence-corrected chi connectivity index (χ1v) is 13.9. The van der Waals surface area contributed by atoms with Crippen LogP contribution in [0, 0.1) is 0 Å². The third-order valence-corrected chi connectivity index (χ3v) is 7.51. The van der Waals surface area contributed by atoms with Gasteiger partial charge in [-0.3, -0.25) is 9.35 Å². The summed E-state index contributed by atoms with van der Waals surface area (Å²) < 4.78 is 39.0. The summed E-state index contributed by atoms with van der Waals surface area (Å²) in [6.07, 6.45) is 0.152. The van der Waals surface area contributed by atoms with Gasteiger partial charge in [-0.1, -0.05) is 60.1 Å². The van der Waals surface area contributed by atoms with Gasteiger partial charge in [0.05, 0.1) is 33.7 Å². The Kier molecular flexibility index (Phi) is 10.6. The molecule has 0 spiro atoms. The van der Waals surface area contributed by atoms with Gasteiger partial charge in [-0.2, -0.15) is 18.6 Å². The monoisotopic (exact) mass is 609 g/mol. The van der Waals surface area contributed by atoms with Gasteiger partial charge in [0.2, 0.25) is 0 Å². The van der Waals surface area contributed by atoms with E-state index in [1.807, 2.05) is 6.92 Å². The smallest absolute Gasteiger partial charge is 0.870 e. The summed E-state index contributed by atoms with van der Waals surface area (Å²) >= 11 is 12.3. The van der Waals surface area contributed by atoms with Gasteiger partial charge in [0.15, 0.2) is 0 Å². The second-order valence-electron chi connectivity index (χ2n) is 8.25. The maximum atomic E-state index is 13.5. The fraction of sp³-hybridized carbons (Fsp3) is 0.148. The van der Waals surface area contributed by atoms with Crippen LogP contribution in [0.1, 0.15) is 29.8 Å². The van der Waals surface area contributed by atoms with Crippen molar-refractivity contribution < 1.29 is 57.2 Å². The molecule has 0 radical (unpaired) electrons. The van der Waals surface area contributed by atoms with Crippen LogP contribution in [0.5, 0.6) is 11.5 Å². The van der Waals surface area contributed by atoms with Crippen molar-refractivity contribution in [1.82, 2.24) is 0 Å². The Morgan fingerprint density at radius 1 is 1.02 bits per heavy atom. The van der Waals surface area contributed by atoms with E-state index < -0.39 is 26.7 Å². The molecule has 0 aliphatic heterocycles. The molecule has 0 saturated heterocycles. The van der Waals surface area contributed by atoms with Gasteiger partial charge in [-0.15, -0.1) is 0 Å². The second kappa shape index (κ2) is 13.3. The van der Waals surface area contributed by atoms with Gasteiger partial charge in [0.25, 0.3) is 16.0 Å². The Morgan fingerprint density at radius 3 is 2.40 bits per heavy atom. The number of nitrogens with one attached hydrogen (secondary N) is 1. The number of hydrogen-bond acceptors (Lipinski definition) is 7. The zero-order chi connectivity index (χ0) is 28.3. The fourth-order valence-electron chi connectivity index (χ4n) is 4.03. The molecule has 2 N–H and O–H groups in total. The van der Waals surface area contributed by atoms with Crippen molar-refractivity contribution in [2.45, 2.75) is 25.2 Å². The molecular weight excluding hydrogens is 588 g/mol. The summed E-state index contributed by atoms with van der Waals surface area (Å²) in [5.41, 5.74) is 0.147. The molecule has 0 fully saturated rings. The minimum atomic E-state index is -4.65. The summed E-state index contributed by atoms with van der Waals surface area (Å²) in [6, 6.07) is 15.7. The number of benzene rings is 4. The van der Waals surface area contributed by atoms with E-state index in [0.717, 1.165) is 0 Å². The average molecular weight is 610 g/mol. The second-order valence-corrected chi connectivity index (χ2v) is 10.4. The molecule has 4 aromatic rings. The molecule has 1 amide bonds. The molecule has 0 saturated carbocycles. The fourth-order valence-corrected chi connectivity index (χ4v) is 5.54. The van der Waals surface area contributed by atoms with Crippen LogP contribution in [0.15, 0.2) is 75.8 Å². The Balaban J connectivity index is 0.00000441. The number of anilines is 1. The molecule has 4 rings (SSSR count). The van der Waals surface area contributed by atoms with Crippen LogP contribution in [-0.4, -0.2) is 25.5 Å². The third kappa shape index (κ3) is 6.77. The van der Waals surface area contributed by atoms with Crippen molar-refractivity contribution in [3.05, 3.63) is 81.8 Å². The van der Waals surface area contributed by atoms with Gasteiger partial charge in [-0.05, 0) is 49.1 Å². The van der Waals surface area contributed by atoms with E-state index in [-0.39, 0.29) is 74.2 Å². The quantitative estimate of drug-likeness (QED) is 0.175. The number of amides is 1. The van der Waals surface area contributed by atoms with Crippen LogP contribution in [0.25, 0.3) is 10.8 Å². The number of nitrogens with zero attached hydrogens (tertiary/aromatic N) is 2. The summed E-state index contributed by atoms with van der Waals surface area (Å²) in [7, 11) is -4.65.